The van der Waals surface area contributed by atoms with E-state index in [1.165, 1.54) is 4.88 Å². The van der Waals surface area contributed by atoms with Crippen LogP contribution >= 0.6 is 22.9 Å². The topological polar surface area (TPSA) is 24.9 Å². The van der Waals surface area contributed by atoms with Crippen molar-refractivity contribution in [1.82, 2.24) is 10.3 Å². The lowest BCUT2D eigenvalue weighted by Gasteiger charge is -2.08. The Kier molecular flexibility index (Phi) is 4.15. The molecular formula is C13H15ClN2S. The van der Waals surface area contributed by atoms with Crippen LogP contribution in [0.3, 0.4) is 0 Å². The molecule has 0 radical (unpaired) electrons. The van der Waals surface area contributed by atoms with Crippen molar-refractivity contribution in [1.29, 1.82) is 0 Å². The van der Waals surface area contributed by atoms with Gasteiger partial charge in [0.15, 0.2) is 0 Å². The number of benzene rings is 1. The summed E-state index contributed by atoms with van der Waals surface area (Å²) in [6.45, 7) is 5.22. The largest absolute Gasteiger partial charge is 0.310 e. The minimum Gasteiger partial charge on any atom is -0.310 e. The van der Waals surface area contributed by atoms with Crippen LogP contribution in [0.1, 0.15) is 24.8 Å². The second kappa shape index (κ2) is 5.63. The third-order valence-electron chi connectivity index (χ3n) is 2.53. The van der Waals surface area contributed by atoms with E-state index in [2.05, 4.69) is 24.1 Å². The van der Waals surface area contributed by atoms with Crippen molar-refractivity contribution in [2.45, 2.75) is 19.9 Å². The van der Waals surface area contributed by atoms with Gasteiger partial charge >= 0.3 is 0 Å². The number of hydrogen-bond donors (Lipinski definition) is 1. The van der Waals surface area contributed by atoms with Gasteiger partial charge in [-0.15, -0.1) is 11.3 Å². The Morgan fingerprint density at radius 1 is 1.47 bits per heavy atom. The van der Waals surface area contributed by atoms with Crippen LogP contribution in [-0.2, 0) is 0 Å². The average Bonchev–Trinajstić information content (AvgIpc) is 2.78. The van der Waals surface area contributed by atoms with Gasteiger partial charge in [-0.05, 0) is 25.6 Å². The number of rotatable bonds is 4. The molecule has 2 nitrogen and oxygen atoms in total. The fraction of sp³-hybridized carbons (Fsp3) is 0.308. The monoisotopic (exact) mass is 266 g/mol. The zero-order valence-electron chi connectivity index (χ0n) is 9.90. The Morgan fingerprint density at radius 2 is 2.29 bits per heavy atom. The summed E-state index contributed by atoms with van der Waals surface area (Å²) in [6, 6.07) is 8.16. The van der Waals surface area contributed by atoms with Crippen LogP contribution in [0.15, 0.2) is 30.5 Å². The molecule has 1 unspecified atom stereocenters. The van der Waals surface area contributed by atoms with Crippen LogP contribution in [-0.4, -0.2) is 11.5 Å². The highest BCUT2D eigenvalue weighted by molar-refractivity contribution is 7.15. The number of hydrogen-bond acceptors (Lipinski definition) is 3. The maximum atomic E-state index is 5.98. The first-order valence-corrected chi connectivity index (χ1v) is 6.85. The molecule has 0 aliphatic carbocycles. The minimum absolute atomic E-state index is 0.352. The molecule has 0 saturated heterocycles. The molecule has 0 aliphatic heterocycles. The minimum atomic E-state index is 0.352. The summed E-state index contributed by atoms with van der Waals surface area (Å²) < 4.78 is 0. The van der Waals surface area contributed by atoms with Crippen LogP contribution in [0, 0.1) is 0 Å². The lowest BCUT2D eigenvalue weighted by atomic mass is 10.2. The van der Waals surface area contributed by atoms with Gasteiger partial charge in [-0.2, -0.15) is 0 Å². The Bertz CT molecular complexity index is 496. The molecule has 0 fully saturated rings. The lowest BCUT2D eigenvalue weighted by Crippen LogP contribution is -2.16. The molecule has 1 N–H and O–H groups in total. The number of nitrogens with zero attached hydrogens (tertiary/aromatic N) is 1. The highest BCUT2D eigenvalue weighted by Crippen LogP contribution is 2.29. The summed E-state index contributed by atoms with van der Waals surface area (Å²) in [5.74, 6) is 0. The van der Waals surface area contributed by atoms with E-state index in [1.54, 1.807) is 11.3 Å². The molecule has 4 heteroatoms. The Balaban J connectivity index is 2.23. The van der Waals surface area contributed by atoms with Crippen molar-refractivity contribution in [2.75, 3.05) is 6.54 Å². The van der Waals surface area contributed by atoms with Crippen LogP contribution in [0.25, 0.3) is 10.6 Å². The SMILES string of the molecule is CCNC(C)c1cnc(-c2cccc(Cl)c2)s1. The molecule has 2 aromatic rings. The highest BCUT2D eigenvalue weighted by atomic mass is 35.5. The first-order valence-electron chi connectivity index (χ1n) is 5.65. The van der Waals surface area contributed by atoms with Crippen molar-refractivity contribution in [2.24, 2.45) is 0 Å². The van der Waals surface area contributed by atoms with Crippen LogP contribution < -0.4 is 5.32 Å². The molecule has 17 heavy (non-hydrogen) atoms. The molecule has 2 rings (SSSR count). The third-order valence-corrected chi connectivity index (χ3v) is 4.00. The molecule has 0 saturated carbocycles. The van der Waals surface area contributed by atoms with Crippen molar-refractivity contribution in [3.05, 3.63) is 40.4 Å². The van der Waals surface area contributed by atoms with Crippen LogP contribution in [0.5, 0.6) is 0 Å². The quantitative estimate of drug-likeness (QED) is 0.900. The van der Waals surface area contributed by atoms with Gasteiger partial charge in [0.1, 0.15) is 5.01 Å². The molecule has 0 amide bonds. The zero-order valence-corrected chi connectivity index (χ0v) is 11.5. The van der Waals surface area contributed by atoms with E-state index in [-0.39, 0.29) is 0 Å². The second-order valence-corrected chi connectivity index (χ2v) is 5.36. The summed E-state index contributed by atoms with van der Waals surface area (Å²) in [5, 5.41) is 5.15. The predicted molar refractivity (Wildman–Crippen MR) is 74.7 cm³/mol. The molecule has 0 bridgehead atoms. The van der Waals surface area contributed by atoms with Gasteiger partial charge in [0.05, 0.1) is 0 Å². The summed E-state index contributed by atoms with van der Waals surface area (Å²) in [5.41, 5.74) is 1.08. The average molecular weight is 267 g/mol. The van der Waals surface area contributed by atoms with E-state index in [1.807, 2.05) is 30.5 Å². The number of thiazole rings is 1. The van der Waals surface area contributed by atoms with Gasteiger partial charge in [-0.25, -0.2) is 4.98 Å². The Hall–Kier alpha value is -0.900. The van der Waals surface area contributed by atoms with Gasteiger partial charge in [-0.3, -0.25) is 0 Å². The second-order valence-electron chi connectivity index (χ2n) is 3.86. The highest BCUT2D eigenvalue weighted by Gasteiger charge is 2.10. The lowest BCUT2D eigenvalue weighted by molar-refractivity contribution is 0.606. The van der Waals surface area contributed by atoms with Gasteiger partial charge in [-0.1, -0.05) is 30.7 Å². The van der Waals surface area contributed by atoms with E-state index < -0.39 is 0 Å². The summed E-state index contributed by atoms with van der Waals surface area (Å²) >= 11 is 7.69. The Labute approximate surface area is 111 Å². The number of nitrogens with one attached hydrogen (secondary N) is 1. The molecule has 1 heterocycles. The number of aromatic nitrogens is 1. The molecule has 1 atom stereocenters. The fourth-order valence-corrected chi connectivity index (χ4v) is 2.78. The molecular weight excluding hydrogens is 252 g/mol. The van der Waals surface area contributed by atoms with E-state index >= 15 is 0 Å². The predicted octanol–water partition coefficient (Wildman–Crippen LogP) is 4.13. The molecule has 1 aromatic carbocycles. The van der Waals surface area contributed by atoms with Crippen molar-refractivity contribution >= 4 is 22.9 Å². The van der Waals surface area contributed by atoms with Gasteiger partial charge in [0, 0.05) is 27.7 Å². The first-order chi connectivity index (χ1) is 8.20. The zero-order chi connectivity index (χ0) is 12.3. The standard InChI is InChI=1S/C13H15ClN2S/c1-3-15-9(2)12-8-16-13(17-12)10-5-4-6-11(14)7-10/h4-9,15H,3H2,1-2H3. The van der Waals surface area contributed by atoms with E-state index in [9.17, 15) is 0 Å². The van der Waals surface area contributed by atoms with Crippen molar-refractivity contribution in [3.8, 4) is 10.6 Å². The van der Waals surface area contributed by atoms with Crippen molar-refractivity contribution < 1.29 is 0 Å². The normalized spacial score (nSPS) is 12.6. The smallest absolute Gasteiger partial charge is 0.123 e. The molecule has 90 valence electrons. The summed E-state index contributed by atoms with van der Waals surface area (Å²) in [6.07, 6.45) is 1.94. The van der Waals surface area contributed by atoms with Gasteiger partial charge in [0.25, 0.3) is 0 Å². The maximum Gasteiger partial charge on any atom is 0.123 e. The van der Waals surface area contributed by atoms with Crippen LogP contribution in [0.2, 0.25) is 5.02 Å². The van der Waals surface area contributed by atoms with Crippen LogP contribution in [0.4, 0.5) is 0 Å². The summed E-state index contributed by atoms with van der Waals surface area (Å²) in [7, 11) is 0. The van der Waals surface area contributed by atoms with Gasteiger partial charge in [0.2, 0.25) is 0 Å². The van der Waals surface area contributed by atoms with Crippen molar-refractivity contribution in [3.63, 3.8) is 0 Å². The van der Waals surface area contributed by atoms with E-state index in [0.717, 1.165) is 22.1 Å². The van der Waals surface area contributed by atoms with E-state index in [4.69, 9.17) is 11.6 Å². The Morgan fingerprint density at radius 3 is 3.00 bits per heavy atom. The third kappa shape index (κ3) is 3.06. The maximum absolute atomic E-state index is 5.98. The fourth-order valence-electron chi connectivity index (χ4n) is 1.65. The molecule has 1 aromatic heterocycles. The molecule has 0 spiro atoms. The molecule has 0 aliphatic rings. The number of halogens is 1. The van der Waals surface area contributed by atoms with E-state index in [0.29, 0.717) is 6.04 Å². The first kappa shape index (κ1) is 12.6. The summed E-state index contributed by atoms with van der Waals surface area (Å²) in [4.78, 5) is 5.70. The van der Waals surface area contributed by atoms with Gasteiger partial charge < -0.3 is 5.32 Å².